The van der Waals surface area contributed by atoms with Crippen molar-refractivity contribution in [2.24, 2.45) is 5.73 Å². The van der Waals surface area contributed by atoms with Gasteiger partial charge >= 0.3 is 12.1 Å². The van der Waals surface area contributed by atoms with E-state index in [1.165, 1.54) is 30.5 Å². The zero-order chi connectivity index (χ0) is 24.1. The van der Waals surface area contributed by atoms with Gasteiger partial charge in [-0.1, -0.05) is 30.3 Å². The minimum Gasteiger partial charge on any atom is -0.493 e. The van der Waals surface area contributed by atoms with Crippen molar-refractivity contribution >= 4 is 15.4 Å². The van der Waals surface area contributed by atoms with Crippen LogP contribution in [0.5, 0.6) is 5.75 Å². The lowest BCUT2D eigenvalue weighted by Crippen LogP contribution is -2.51. The van der Waals surface area contributed by atoms with E-state index in [1.807, 2.05) is 12.1 Å². The highest BCUT2D eigenvalue weighted by Crippen LogP contribution is 2.40. The molecule has 2 atom stereocenters. The van der Waals surface area contributed by atoms with Crippen LogP contribution in [0.2, 0.25) is 0 Å². The highest BCUT2D eigenvalue weighted by Gasteiger charge is 2.36. The molecule has 3 rings (SSSR count). The second-order valence-corrected chi connectivity index (χ2v) is 8.75. The van der Waals surface area contributed by atoms with Crippen LogP contribution in [-0.2, 0) is 28.3 Å². The SMILES string of the molecule is NC(CO)(CCc1ccc(OCCCc2cccc(C3CC3)c2)c(C(F)(F)F)c1)C(=O)OP. The van der Waals surface area contributed by atoms with Crippen LogP contribution in [-0.4, -0.2) is 29.8 Å². The Morgan fingerprint density at radius 1 is 1.12 bits per heavy atom. The van der Waals surface area contributed by atoms with E-state index in [1.54, 1.807) is 9.47 Å². The predicted octanol–water partition coefficient (Wildman–Crippen LogP) is 4.55. The Bertz CT molecular complexity index is 965. The number of benzene rings is 2. The molecule has 0 aromatic heterocycles. The van der Waals surface area contributed by atoms with Crippen LogP contribution in [0.25, 0.3) is 0 Å². The standard InChI is InChI=1S/C24H29F3NO4P/c25-24(26,27)20-14-17(10-11-23(28,15-29)22(30)32-33)6-9-21(20)31-12-2-4-16-3-1-5-19(13-16)18-7-8-18/h1,3,5-6,9,13-14,18,29H,2,4,7-8,10-12,15,28,33H2. The number of alkyl halides is 3. The maximum Gasteiger partial charge on any atom is 0.419 e. The van der Waals surface area contributed by atoms with Gasteiger partial charge in [-0.25, -0.2) is 4.79 Å². The number of carbonyl (C=O) groups is 1. The van der Waals surface area contributed by atoms with Gasteiger partial charge in [-0.05, 0) is 73.3 Å². The number of carbonyl (C=O) groups excluding carboxylic acids is 1. The van der Waals surface area contributed by atoms with Gasteiger partial charge in [0.2, 0.25) is 0 Å². The van der Waals surface area contributed by atoms with Gasteiger partial charge in [0.1, 0.15) is 11.3 Å². The summed E-state index contributed by atoms with van der Waals surface area (Å²) in [4.78, 5) is 11.7. The first-order valence-corrected chi connectivity index (χ1v) is 11.4. The van der Waals surface area contributed by atoms with E-state index in [4.69, 9.17) is 10.5 Å². The zero-order valence-corrected chi connectivity index (χ0v) is 19.4. The number of hydrogen-bond acceptors (Lipinski definition) is 5. The van der Waals surface area contributed by atoms with Gasteiger partial charge in [0.25, 0.3) is 0 Å². The number of ether oxygens (including phenoxy) is 1. The average Bonchev–Trinajstić information content (AvgIpc) is 3.65. The van der Waals surface area contributed by atoms with E-state index in [0.717, 1.165) is 18.1 Å². The van der Waals surface area contributed by atoms with Gasteiger partial charge in [-0.3, -0.25) is 0 Å². The summed E-state index contributed by atoms with van der Waals surface area (Å²) in [5, 5.41) is 9.41. The molecule has 1 aliphatic rings. The molecular formula is C24H29F3NO4P. The van der Waals surface area contributed by atoms with Gasteiger partial charge in [-0.15, -0.1) is 0 Å². The van der Waals surface area contributed by atoms with Crippen LogP contribution in [0.4, 0.5) is 13.2 Å². The summed E-state index contributed by atoms with van der Waals surface area (Å²) in [6.45, 7) is -0.524. The largest absolute Gasteiger partial charge is 0.493 e. The first kappa shape index (κ1) is 25.5. The molecule has 2 aromatic carbocycles. The number of rotatable bonds is 11. The molecule has 9 heteroatoms. The Morgan fingerprint density at radius 3 is 2.48 bits per heavy atom. The van der Waals surface area contributed by atoms with Gasteiger partial charge in [0.05, 0.1) is 28.2 Å². The van der Waals surface area contributed by atoms with Crippen molar-refractivity contribution in [1.29, 1.82) is 0 Å². The Hall–Kier alpha value is -2.15. The average molecular weight is 483 g/mol. The van der Waals surface area contributed by atoms with Crippen molar-refractivity contribution in [2.75, 3.05) is 13.2 Å². The maximum absolute atomic E-state index is 13.6. The minimum absolute atomic E-state index is 0.0531. The number of aryl methyl sites for hydroxylation is 2. The fraction of sp³-hybridized carbons (Fsp3) is 0.458. The molecule has 0 spiro atoms. The van der Waals surface area contributed by atoms with Crippen molar-refractivity contribution in [3.63, 3.8) is 0 Å². The molecule has 0 amide bonds. The van der Waals surface area contributed by atoms with E-state index < -0.39 is 29.9 Å². The summed E-state index contributed by atoms with van der Waals surface area (Å²) in [6, 6.07) is 12.1. The van der Waals surface area contributed by atoms with Crippen LogP contribution in [0.15, 0.2) is 42.5 Å². The molecule has 2 aromatic rings. The van der Waals surface area contributed by atoms with Crippen molar-refractivity contribution in [1.82, 2.24) is 0 Å². The van der Waals surface area contributed by atoms with Crippen molar-refractivity contribution in [2.45, 2.75) is 56.2 Å². The lowest BCUT2D eigenvalue weighted by atomic mass is 9.92. The van der Waals surface area contributed by atoms with Crippen LogP contribution >= 0.6 is 9.47 Å². The number of aliphatic hydroxyl groups excluding tert-OH is 1. The van der Waals surface area contributed by atoms with Crippen molar-refractivity contribution < 1.29 is 32.3 Å². The lowest BCUT2D eigenvalue weighted by Gasteiger charge is -2.24. The topological polar surface area (TPSA) is 81.8 Å². The van der Waals surface area contributed by atoms with Gasteiger partial charge in [0.15, 0.2) is 0 Å². The molecule has 0 heterocycles. The molecule has 33 heavy (non-hydrogen) atoms. The van der Waals surface area contributed by atoms with Gasteiger partial charge < -0.3 is 20.1 Å². The minimum atomic E-state index is -4.60. The Balaban J connectivity index is 1.61. The molecule has 0 aliphatic heterocycles. The summed E-state index contributed by atoms with van der Waals surface area (Å²) in [6.07, 6.45) is -0.860. The van der Waals surface area contributed by atoms with E-state index in [-0.39, 0.29) is 25.2 Å². The summed E-state index contributed by atoms with van der Waals surface area (Å²) in [7, 11) is 1.75. The van der Waals surface area contributed by atoms with Gasteiger partial charge in [0, 0.05) is 0 Å². The van der Waals surface area contributed by atoms with Crippen molar-refractivity contribution in [3.8, 4) is 5.75 Å². The number of halogens is 3. The van der Waals surface area contributed by atoms with E-state index in [2.05, 4.69) is 16.7 Å². The highest BCUT2D eigenvalue weighted by atomic mass is 31.0. The molecule has 0 saturated heterocycles. The molecule has 0 radical (unpaired) electrons. The molecule has 5 nitrogen and oxygen atoms in total. The lowest BCUT2D eigenvalue weighted by molar-refractivity contribution is -0.141. The molecule has 1 aliphatic carbocycles. The summed E-state index contributed by atoms with van der Waals surface area (Å²) >= 11 is 0. The zero-order valence-electron chi connectivity index (χ0n) is 18.2. The number of nitrogens with two attached hydrogens (primary N) is 1. The van der Waals surface area contributed by atoms with E-state index in [9.17, 15) is 23.1 Å². The molecule has 1 saturated carbocycles. The summed E-state index contributed by atoms with van der Waals surface area (Å²) < 4.78 is 50.9. The number of hydrogen-bond donors (Lipinski definition) is 2. The van der Waals surface area contributed by atoms with Crippen LogP contribution < -0.4 is 10.5 Å². The second-order valence-electron chi connectivity index (χ2n) is 8.52. The smallest absolute Gasteiger partial charge is 0.419 e. The summed E-state index contributed by atoms with van der Waals surface area (Å²) in [5.74, 6) is -0.431. The Labute approximate surface area is 193 Å². The molecule has 180 valence electrons. The van der Waals surface area contributed by atoms with E-state index >= 15 is 0 Å². The predicted molar refractivity (Wildman–Crippen MR) is 122 cm³/mol. The fourth-order valence-electron chi connectivity index (χ4n) is 3.69. The first-order valence-electron chi connectivity index (χ1n) is 10.9. The molecule has 1 fully saturated rings. The summed E-state index contributed by atoms with van der Waals surface area (Å²) in [5.41, 5.74) is 6.07. The third-order valence-electron chi connectivity index (χ3n) is 5.87. The fourth-order valence-corrected chi connectivity index (χ4v) is 3.92. The van der Waals surface area contributed by atoms with Gasteiger partial charge in [-0.2, -0.15) is 13.2 Å². The second kappa shape index (κ2) is 10.9. The maximum atomic E-state index is 13.6. The molecule has 2 unspecified atom stereocenters. The van der Waals surface area contributed by atoms with E-state index in [0.29, 0.717) is 17.9 Å². The van der Waals surface area contributed by atoms with Crippen molar-refractivity contribution in [3.05, 3.63) is 64.7 Å². The van der Waals surface area contributed by atoms with Crippen LogP contribution in [0.3, 0.4) is 0 Å². The Morgan fingerprint density at radius 2 is 1.85 bits per heavy atom. The quantitative estimate of drug-likeness (QED) is 0.362. The Kier molecular flexibility index (Phi) is 8.38. The third kappa shape index (κ3) is 6.92. The molecular weight excluding hydrogens is 454 g/mol. The monoisotopic (exact) mass is 483 g/mol. The first-order chi connectivity index (χ1) is 15.7. The normalized spacial score (nSPS) is 15.7. The third-order valence-corrected chi connectivity index (χ3v) is 6.09. The van der Waals surface area contributed by atoms with Crippen LogP contribution in [0.1, 0.15) is 53.9 Å². The molecule has 0 bridgehead atoms. The molecule has 3 N–H and O–H groups in total. The number of aliphatic hydroxyl groups is 1. The highest BCUT2D eigenvalue weighted by molar-refractivity contribution is 7.10. The van der Waals surface area contributed by atoms with Crippen LogP contribution in [0, 0.1) is 0 Å².